The Balaban J connectivity index is 1.92. The number of nitrogens with one attached hydrogen (secondary N) is 1. The number of pyridine rings is 1. The number of ether oxygens (including phenoxy) is 1. The molecular weight excluding hydrogens is 323 g/mol. The van der Waals surface area contributed by atoms with Crippen molar-refractivity contribution in [3.63, 3.8) is 0 Å². The van der Waals surface area contributed by atoms with Crippen LogP contribution in [0.15, 0.2) is 55.0 Å². The van der Waals surface area contributed by atoms with Gasteiger partial charge in [-0.25, -0.2) is 14.4 Å². The van der Waals surface area contributed by atoms with Crippen molar-refractivity contribution in [1.82, 2.24) is 19.9 Å². The fourth-order valence-corrected chi connectivity index (χ4v) is 2.49. The number of imidazole rings is 1. The van der Waals surface area contributed by atoms with Crippen molar-refractivity contribution in [2.45, 2.75) is 6.04 Å². The number of halogens is 1. The van der Waals surface area contributed by atoms with Gasteiger partial charge in [-0.05, 0) is 23.8 Å². The minimum Gasteiger partial charge on any atom is -0.481 e. The van der Waals surface area contributed by atoms with E-state index in [0.717, 1.165) is 0 Å². The van der Waals surface area contributed by atoms with Crippen LogP contribution < -0.4 is 10.1 Å². The second-order valence-electron chi connectivity index (χ2n) is 5.45. The molecular formula is C18H17FN4O2. The smallest absolute Gasteiger partial charge is 0.253 e. The van der Waals surface area contributed by atoms with Crippen LogP contribution in [0.2, 0.25) is 0 Å². The second kappa shape index (κ2) is 7.12. The first kappa shape index (κ1) is 16.6. The van der Waals surface area contributed by atoms with Crippen molar-refractivity contribution in [3.05, 3.63) is 77.8 Å². The third kappa shape index (κ3) is 3.65. The average molecular weight is 340 g/mol. The van der Waals surface area contributed by atoms with Crippen molar-refractivity contribution in [2.24, 2.45) is 7.05 Å². The van der Waals surface area contributed by atoms with Crippen LogP contribution in [0.4, 0.5) is 4.39 Å². The van der Waals surface area contributed by atoms with Gasteiger partial charge in [0.2, 0.25) is 5.88 Å². The quantitative estimate of drug-likeness (QED) is 0.775. The van der Waals surface area contributed by atoms with Gasteiger partial charge in [0.05, 0.1) is 12.7 Å². The summed E-state index contributed by atoms with van der Waals surface area (Å²) in [6.45, 7) is 0. The molecule has 0 radical (unpaired) electrons. The van der Waals surface area contributed by atoms with Gasteiger partial charge in [-0.2, -0.15) is 0 Å². The van der Waals surface area contributed by atoms with Gasteiger partial charge in [0.15, 0.2) is 0 Å². The lowest BCUT2D eigenvalue weighted by Gasteiger charge is -2.19. The van der Waals surface area contributed by atoms with E-state index < -0.39 is 6.04 Å². The Morgan fingerprint density at radius 2 is 2.12 bits per heavy atom. The zero-order chi connectivity index (χ0) is 17.8. The van der Waals surface area contributed by atoms with E-state index in [4.69, 9.17) is 4.74 Å². The molecule has 0 aliphatic carbocycles. The Morgan fingerprint density at radius 1 is 1.28 bits per heavy atom. The number of hydrogen-bond donors (Lipinski definition) is 1. The number of aromatic nitrogens is 3. The lowest BCUT2D eigenvalue weighted by Crippen LogP contribution is -2.31. The maximum atomic E-state index is 13.6. The van der Waals surface area contributed by atoms with Crippen LogP contribution in [0, 0.1) is 5.82 Å². The summed E-state index contributed by atoms with van der Waals surface area (Å²) in [6.07, 6.45) is 4.82. The fourth-order valence-electron chi connectivity index (χ4n) is 2.49. The number of rotatable bonds is 5. The third-order valence-corrected chi connectivity index (χ3v) is 3.78. The van der Waals surface area contributed by atoms with Crippen LogP contribution in [0.1, 0.15) is 27.8 Å². The van der Waals surface area contributed by atoms with Crippen LogP contribution in [0.3, 0.4) is 0 Å². The molecule has 6 nitrogen and oxygen atoms in total. The molecule has 2 heterocycles. The molecule has 0 aliphatic heterocycles. The number of benzene rings is 1. The average Bonchev–Trinajstić information content (AvgIpc) is 3.05. The highest BCUT2D eigenvalue weighted by Crippen LogP contribution is 2.22. The second-order valence-corrected chi connectivity index (χ2v) is 5.45. The molecule has 0 saturated carbocycles. The lowest BCUT2D eigenvalue weighted by atomic mass is 10.1. The summed E-state index contributed by atoms with van der Waals surface area (Å²) >= 11 is 0. The monoisotopic (exact) mass is 340 g/mol. The van der Waals surface area contributed by atoms with Gasteiger partial charge in [0.1, 0.15) is 17.7 Å². The van der Waals surface area contributed by atoms with Gasteiger partial charge in [-0.1, -0.05) is 12.1 Å². The molecule has 0 saturated heterocycles. The summed E-state index contributed by atoms with van der Waals surface area (Å²) in [6, 6.07) is 8.71. The molecule has 128 valence electrons. The summed E-state index contributed by atoms with van der Waals surface area (Å²) in [5, 5.41) is 2.89. The van der Waals surface area contributed by atoms with E-state index >= 15 is 0 Å². The van der Waals surface area contributed by atoms with Gasteiger partial charge in [-0.15, -0.1) is 0 Å². The van der Waals surface area contributed by atoms with E-state index in [1.807, 2.05) is 7.05 Å². The molecule has 1 unspecified atom stereocenters. The van der Waals surface area contributed by atoms with Gasteiger partial charge in [0.25, 0.3) is 5.91 Å². The zero-order valence-corrected chi connectivity index (χ0v) is 13.8. The van der Waals surface area contributed by atoms with E-state index in [1.54, 1.807) is 41.2 Å². The molecule has 25 heavy (non-hydrogen) atoms. The molecule has 0 bridgehead atoms. The summed E-state index contributed by atoms with van der Waals surface area (Å²) in [4.78, 5) is 20.9. The standard InChI is InChI=1S/C18H17FN4O2/c1-23-9-8-20-17(23)16(12-4-3-5-14(19)10-12)22-18(24)13-6-7-15(25-2)21-11-13/h3-11,16H,1-2H3,(H,22,24). The molecule has 0 fully saturated rings. The maximum Gasteiger partial charge on any atom is 0.253 e. The number of methoxy groups -OCH3 is 1. The molecule has 1 N–H and O–H groups in total. The normalized spacial score (nSPS) is 11.8. The predicted molar refractivity (Wildman–Crippen MR) is 89.7 cm³/mol. The van der Waals surface area contributed by atoms with Crippen LogP contribution in [-0.2, 0) is 7.05 Å². The number of hydrogen-bond acceptors (Lipinski definition) is 4. The minimum atomic E-state index is -0.592. The molecule has 3 rings (SSSR count). The van der Waals surface area contributed by atoms with E-state index in [2.05, 4.69) is 15.3 Å². The largest absolute Gasteiger partial charge is 0.481 e. The molecule has 0 aliphatic rings. The van der Waals surface area contributed by atoms with Crippen molar-refractivity contribution in [2.75, 3.05) is 7.11 Å². The molecule has 1 aromatic carbocycles. The fraction of sp³-hybridized carbons (Fsp3) is 0.167. The van der Waals surface area contributed by atoms with E-state index in [0.29, 0.717) is 22.8 Å². The molecule has 1 amide bonds. The van der Waals surface area contributed by atoms with Crippen molar-refractivity contribution < 1.29 is 13.9 Å². The number of aryl methyl sites for hydroxylation is 1. The summed E-state index contributed by atoms with van der Waals surface area (Å²) < 4.78 is 20.4. The maximum absolute atomic E-state index is 13.6. The van der Waals surface area contributed by atoms with Crippen molar-refractivity contribution in [1.29, 1.82) is 0 Å². The molecule has 2 aromatic heterocycles. The highest BCUT2D eigenvalue weighted by atomic mass is 19.1. The summed E-state index contributed by atoms with van der Waals surface area (Å²) in [5.41, 5.74) is 0.973. The zero-order valence-electron chi connectivity index (χ0n) is 13.8. The highest BCUT2D eigenvalue weighted by Gasteiger charge is 2.22. The van der Waals surface area contributed by atoms with E-state index in [-0.39, 0.29) is 11.7 Å². The first-order valence-corrected chi connectivity index (χ1v) is 7.62. The Morgan fingerprint density at radius 3 is 2.72 bits per heavy atom. The molecule has 7 heteroatoms. The van der Waals surface area contributed by atoms with Crippen LogP contribution in [0.25, 0.3) is 0 Å². The number of nitrogens with zero attached hydrogens (tertiary/aromatic N) is 3. The number of carbonyl (C=O) groups excluding carboxylic acids is 1. The lowest BCUT2D eigenvalue weighted by molar-refractivity contribution is 0.0940. The Bertz CT molecular complexity index is 877. The van der Waals surface area contributed by atoms with Gasteiger partial charge < -0.3 is 14.6 Å². The molecule has 3 aromatic rings. The predicted octanol–water partition coefficient (Wildman–Crippen LogP) is 2.48. The van der Waals surface area contributed by atoms with Crippen LogP contribution in [-0.4, -0.2) is 27.6 Å². The van der Waals surface area contributed by atoms with Crippen molar-refractivity contribution >= 4 is 5.91 Å². The van der Waals surface area contributed by atoms with Crippen LogP contribution >= 0.6 is 0 Å². The number of carbonyl (C=O) groups is 1. The van der Waals surface area contributed by atoms with Crippen molar-refractivity contribution in [3.8, 4) is 5.88 Å². The Labute approximate surface area is 144 Å². The minimum absolute atomic E-state index is 0.340. The summed E-state index contributed by atoms with van der Waals surface area (Å²) in [7, 11) is 3.32. The first-order chi connectivity index (χ1) is 12.1. The van der Waals surface area contributed by atoms with E-state index in [1.165, 1.54) is 25.4 Å². The first-order valence-electron chi connectivity index (χ1n) is 7.62. The van der Waals surface area contributed by atoms with E-state index in [9.17, 15) is 9.18 Å². The Kier molecular flexibility index (Phi) is 4.74. The highest BCUT2D eigenvalue weighted by molar-refractivity contribution is 5.94. The van der Waals surface area contributed by atoms with Gasteiger partial charge >= 0.3 is 0 Å². The SMILES string of the molecule is COc1ccc(C(=O)NC(c2cccc(F)c2)c2nccn2C)cn1. The Hall–Kier alpha value is -3.22. The summed E-state index contributed by atoms with van der Waals surface area (Å²) in [5.74, 6) is 0.298. The number of amides is 1. The topological polar surface area (TPSA) is 69.0 Å². The molecule has 0 spiro atoms. The molecule has 1 atom stereocenters. The van der Waals surface area contributed by atoms with Gasteiger partial charge in [-0.3, -0.25) is 4.79 Å². The van der Waals surface area contributed by atoms with Gasteiger partial charge in [0, 0.05) is 31.7 Å². The van der Waals surface area contributed by atoms with Crippen LogP contribution in [0.5, 0.6) is 5.88 Å². The third-order valence-electron chi connectivity index (χ3n) is 3.78.